The van der Waals surface area contributed by atoms with Crippen LogP contribution in [0.5, 0.6) is 5.75 Å². The van der Waals surface area contributed by atoms with E-state index in [9.17, 15) is 0 Å². The van der Waals surface area contributed by atoms with Gasteiger partial charge in [0.2, 0.25) is 0 Å². The molecule has 2 rings (SSSR count). The predicted octanol–water partition coefficient (Wildman–Crippen LogP) is 8.74. The van der Waals surface area contributed by atoms with Gasteiger partial charge in [-0.2, -0.15) is 0 Å². The molecule has 0 bridgehead atoms. The maximum absolute atomic E-state index is 5.66. The molecule has 156 valence electrons. The van der Waals surface area contributed by atoms with Gasteiger partial charge in [-0.05, 0) is 37.0 Å². The van der Waals surface area contributed by atoms with Crippen molar-refractivity contribution in [2.45, 2.75) is 104 Å². The Bertz CT molecular complexity index is 630. The van der Waals surface area contributed by atoms with Crippen molar-refractivity contribution < 1.29 is 4.74 Å². The molecule has 0 N–H and O–H groups in total. The highest BCUT2D eigenvalue weighted by molar-refractivity contribution is 5.77. The number of aryl methyl sites for hydroxylation is 2. The van der Waals surface area contributed by atoms with E-state index in [-0.39, 0.29) is 0 Å². The molecular formula is C27H42O. The van der Waals surface area contributed by atoms with Crippen molar-refractivity contribution >= 4 is 0 Å². The standard InChI is InChI=1S/C27H42O/c1-4-5-6-7-8-9-10-11-12-13-14-15-16-17-24-19-20-25-22-23(2)18-21-26(28-3)27(24)25/h18-22H,4-17H2,1-3H3. The molecule has 0 aromatic rings. The van der Waals surface area contributed by atoms with Gasteiger partial charge in [-0.25, -0.2) is 0 Å². The van der Waals surface area contributed by atoms with Crippen molar-refractivity contribution in [1.29, 1.82) is 0 Å². The zero-order valence-electron chi connectivity index (χ0n) is 18.7. The molecule has 0 unspecified atom stereocenters. The van der Waals surface area contributed by atoms with Crippen LogP contribution in [-0.2, 0) is 6.42 Å². The van der Waals surface area contributed by atoms with Crippen LogP contribution in [0.1, 0.15) is 102 Å². The molecule has 0 spiro atoms. The Morgan fingerprint density at radius 1 is 0.679 bits per heavy atom. The van der Waals surface area contributed by atoms with Crippen LogP contribution in [0.2, 0.25) is 0 Å². The third-order valence-electron chi connectivity index (χ3n) is 5.97. The number of rotatable bonds is 15. The molecule has 28 heavy (non-hydrogen) atoms. The van der Waals surface area contributed by atoms with Gasteiger partial charge in [-0.15, -0.1) is 0 Å². The number of fused-ring (bicyclic) bond motifs is 1. The van der Waals surface area contributed by atoms with E-state index in [0.717, 1.165) is 5.75 Å². The summed E-state index contributed by atoms with van der Waals surface area (Å²) in [5.74, 6) is 1.01. The smallest absolute Gasteiger partial charge is 0.126 e. The minimum absolute atomic E-state index is 1.01. The van der Waals surface area contributed by atoms with Crippen LogP contribution in [0.25, 0.3) is 11.1 Å². The zero-order chi connectivity index (χ0) is 20.0. The van der Waals surface area contributed by atoms with Crippen molar-refractivity contribution in [3.63, 3.8) is 0 Å². The zero-order valence-corrected chi connectivity index (χ0v) is 18.7. The first-order valence-corrected chi connectivity index (χ1v) is 11.8. The summed E-state index contributed by atoms with van der Waals surface area (Å²) >= 11 is 0. The van der Waals surface area contributed by atoms with Crippen LogP contribution in [0.15, 0.2) is 30.3 Å². The Morgan fingerprint density at radius 3 is 1.82 bits per heavy atom. The fraction of sp³-hybridized carbons (Fsp3) is 0.630. The number of unbranched alkanes of at least 4 members (excludes halogenated alkanes) is 12. The normalized spacial score (nSPS) is 11.2. The summed E-state index contributed by atoms with van der Waals surface area (Å²) in [5.41, 5.74) is 5.36. The second kappa shape index (κ2) is 13.6. The van der Waals surface area contributed by atoms with E-state index in [1.165, 1.54) is 112 Å². The van der Waals surface area contributed by atoms with Gasteiger partial charge in [-0.1, -0.05) is 114 Å². The molecule has 1 nitrogen and oxygen atoms in total. The molecule has 0 atom stereocenters. The molecule has 0 aromatic carbocycles. The molecule has 0 saturated heterocycles. The van der Waals surface area contributed by atoms with Gasteiger partial charge in [-0.3, -0.25) is 0 Å². The Hall–Kier alpha value is -1.50. The highest BCUT2D eigenvalue weighted by Crippen LogP contribution is 2.37. The molecule has 0 aromatic heterocycles. The fourth-order valence-corrected chi connectivity index (χ4v) is 4.26. The van der Waals surface area contributed by atoms with E-state index in [1.807, 2.05) is 0 Å². The van der Waals surface area contributed by atoms with Crippen LogP contribution in [0.4, 0.5) is 0 Å². The van der Waals surface area contributed by atoms with Gasteiger partial charge in [0.05, 0.1) is 7.11 Å². The molecule has 0 saturated carbocycles. The Balaban J connectivity index is 1.58. The minimum atomic E-state index is 1.01. The first-order chi connectivity index (χ1) is 13.8. The average molecular weight is 383 g/mol. The van der Waals surface area contributed by atoms with Crippen LogP contribution in [0.3, 0.4) is 0 Å². The maximum atomic E-state index is 5.66. The van der Waals surface area contributed by atoms with Gasteiger partial charge >= 0.3 is 0 Å². The Morgan fingerprint density at radius 2 is 1.25 bits per heavy atom. The van der Waals surface area contributed by atoms with Crippen LogP contribution < -0.4 is 4.74 Å². The van der Waals surface area contributed by atoms with E-state index < -0.39 is 0 Å². The quantitative estimate of drug-likeness (QED) is 0.280. The number of hydrogen-bond donors (Lipinski definition) is 0. The number of ether oxygens (including phenoxy) is 1. The van der Waals surface area contributed by atoms with E-state index >= 15 is 0 Å². The molecule has 2 aliphatic carbocycles. The fourth-order valence-electron chi connectivity index (χ4n) is 4.26. The summed E-state index contributed by atoms with van der Waals surface area (Å²) in [6.45, 7) is 4.44. The molecule has 0 heterocycles. The lowest BCUT2D eigenvalue weighted by Crippen LogP contribution is -1.90. The van der Waals surface area contributed by atoms with Crippen LogP contribution in [0, 0.1) is 6.92 Å². The van der Waals surface area contributed by atoms with E-state index in [2.05, 4.69) is 44.2 Å². The third kappa shape index (κ3) is 7.86. The Kier molecular flexibility index (Phi) is 11.1. The largest absolute Gasteiger partial charge is 0.496 e. The van der Waals surface area contributed by atoms with Crippen molar-refractivity contribution in [1.82, 2.24) is 0 Å². The molecule has 0 radical (unpaired) electrons. The molecule has 0 amide bonds. The SMILES string of the molecule is CCCCCCCCCCCCCCCc1ccc2cc(C)ccc(OC)c1-2. The highest BCUT2D eigenvalue weighted by Gasteiger charge is 2.13. The lowest BCUT2D eigenvalue weighted by Gasteiger charge is -2.07. The predicted molar refractivity (Wildman–Crippen MR) is 124 cm³/mol. The molecule has 0 fully saturated rings. The molecule has 2 aliphatic rings. The maximum Gasteiger partial charge on any atom is 0.126 e. The van der Waals surface area contributed by atoms with E-state index in [4.69, 9.17) is 4.74 Å². The lowest BCUT2D eigenvalue weighted by atomic mass is 10.0. The van der Waals surface area contributed by atoms with Crippen LogP contribution >= 0.6 is 0 Å². The van der Waals surface area contributed by atoms with Gasteiger partial charge in [0, 0.05) is 5.56 Å². The Labute approximate surface area is 174 Å². The van der Waals surface area contributed by atoms with Crippen molar-refractivity contribution in [2.24, 2.45) is 0 Å². The highest BCUT2D eigenvalue weighted by atomic mass is 16.5. The van der Waals surface area contributed by atoms with Gasteiger partial charge in [0.25, 0.3) is 0 Å². The molecule has 0 aliphatic heterocycles. The first kappa shape index (κ1) is 22.8. The second-order valence-electron chi connectivity index (χ2n) is 8.47. The van der Waals surface area contributed by atoms with E-state index in [1.54, 1.807) is 7.11 Å². The van der Waals surface area contributed by atoms with Gasteiger partial charge in [0.1, 0.15) is 5.75 Å². The average Bonchev–Trinajstić information content (AvgIpc) is 3.00. The number of hydrogen-bond acceptors (Lipinski definition) is 1. The van der Waals surface area contributed by atoms with Crippen molar-refractivity contribution in [3.8, 4) is 16.9 Å². The number of methoxy groups -OCH3 is 1. The third-order valence-corrected chi connectivity index (χ3v) is 5.97. The van der Waals surface area contributed by atoms with Crippen molar-refractivity contribution in [3.05, 3.63) is 41.5 Å². The van der Waals surface area contributed by atoms with Gasteiger partial charge in [0.15, 0.2) is 0 Å². The van der Waals surface area contributed by atoms with Crippen molar-refractivity contribution in [2.75, 3.05) is 7.11 Å². The van der Waals surface area contributed by atoms with Crippen LogP contribution in [-0.4, -0.2) is 7.11 Å². The minimum Gasteiger partial charge on any atom is -0.496 e. The second-order valence-corrected chi connectivity index (χ2v) is 8.47. The van der Waals surface area contributed by atoms with Gasteiger partial charge < -0.3 is 4.74 Å². The monoisotopic (exact) mass is 382 g/mol. The molecule has 1 heteroatoms. The summed E-state index contributed by atoms with van der Waals surface area (Å²) in [4.78, 5) is 0. The summed E-state index contributed by atoms with van der Waals surface area (Å²) in [6.07, 6.45) is 19.5. The molecular weight excluding hydrogens is 340 g/mol. The van der Waals surface area contributed by atoms with E-state index in [0.29, 0.717) is 0 Å². The summed E-state index contributed by atoms with van der Waals surface area (Å²) < 4.78 is 5.66. The summed E-state index contributed by atoms with van der Waals surface area (Å²) in [5, 5.41) is 0. The topological polar surface area (TPSA) is 9.23 Å². The summed E-state index contributed by atoms with van der Waals surface area (Å²) in [6, 6.07) is 11.1. The lowest BCUT2D eigenvalue weighted by molar-refractivity contribution is 0.416. The first-order valence-electron chi connectivity index (χ1n) is 11.8. The summed E-state index contributed by atoms with van der Waals surface area (Å²) in [7, 11) is 1.78.